The van der Waals surface area contributed by atoms with Crippen LogP contribution >= 0.6 is 0 Å². The van der Waals surface area contributed by atoms with Gasteiger partial charge in [-0.25, -0.2) is 4.79 Å². The summed E-state index contributed by atoms with van der Waals surface area (Å²) in [7, 11) is 0. The molecular weight excluding hydrogens is 376 g/mol. The molecule has 2 aromatic carbocycles. The number of non-ortho nitro benzene ring substituents is 1. The number of nitrogens with zero attached hydrogens (tertiary/aromatic N) is 2. The van der Waals surface area contributed by atoms with Crippen molar-refractivity contribution < 1.29 is 24.4 Å². The zero-order chi connectivity index (χ0) is 21.1. The van der Waals surface area contributed by atoms with Crippen LogP contribution in [-0.4, -0.2) is 27.9 Å². The van der Waals surface area contributed by atoms with Crippen molar-refractivity contribution in [3.05, 3.63) is 63.7 Å². The Morgan fingerprint density at radius 3 is 2.52 bits per heavy atom. The van der Waals surface area contributed by atoms with E-state index in [2.05, 4.69) is 0 Å². The van der Waals surface area contributed by atoms with Crippen LogP contribution in [0.1, 0.15) is 55.1 Å². The van der Waals surface area contributed by atoms with Crippen LogP contribution in [0.5, 0.6) is 5.75 Å². The molecule has 1 N–H and O–H groups in total. The number of carboxylic acid groups (broad SMARTS) is 1. The molecule has 2 atom stereocenters. The van der Waals surface area contributed by atoms with Gasteiger partial charge >= 0.3 is 5.97 Å². The number of rotatable bonds is 6. The highest BCUT2D eigenvalue weighted by Gasteiger charge is 2.35. The van der Waals surface area contributed by atoms with Gasteiger partial charge in [0, 0.05) is 36.6 Å². The third-order valence-electron chi connectivity index (χ3n) is 4.94. The summed E-state index contributed by atoms with van der Waals surface area (Å²) in [5, 5.41) is 20.2. The minimum atomic E-state index is -1.06. The molecule has 1 aliphatic heterocycles. The molecule has 0 saturated heterocycles. The van der Waals surface area contributed by atoms with Crippen molar-refractivity contribution in [3.8, 4) is 5.75 Å². The number of hydrogen-bond acceptors (Lipinski definition) is 5. The number of carbonyl (C=O) groups is 2. The second kappa shape index (κ2) is 8.30. The van der Waals surface area contributed by atoms with Crippen molar-refractivity contribution >= 4 is 23.3 Å². The summed E-state index contributed by atoms with van der Waals surface area (Å²) in [6.45, 7) is 3.86. The van der Waals surface area contributed by atoms with Crippen LogP contribution in [0.15, 0.2) is 42.5 Å². The number of amides is 1. The summed E-state index contributed by atoms with van der Waals surface area (Å²) in [6, 6.07) is 10.3. The Balaban J connectivity index is 1.98. The van der Waals surface area contributed by atoms with Crippen LogP contribution < -0.4 is 9.64 Å². The van der Waals surface area contributed by atoms with Crippen LogP contribution in [0.4, 0.5) is 11.4 Å². The molecular formula is C21H22N2O6. The van der Waals surface area contributed by atoms with Gasteiger partial charge in [-0.2, -0.15) is 0 Å². The maximum Gasteiger partial charge on any atom is 0.335 e. The highest BCUT2D eigenvalue weighted by molar-refractivity contribution is 5.96. The molecule has 8 nitrogen and oxygen atoms in total. The van der Waals surface area contributed by atoms with Crippen molar-refractivity contribution in [1.29, 1.82) is 0 Å². The SMILES string of the molecule is CCCC(=O)N1c2ccc(C(=O)O)cc2[C@H](Oc2ccc([N+](=O)[O-])cc2)C[C@@H]1C. The summed E-state index contributed by atoms with van der Waals surface area (Å²) >= 11 is 0. The third kappa shape index (κ3) is 4.21. The van der Waals surface area contributed by atoms with E-state index in [-0.39, 0.29) is 23.2 Å². The second-order valence-corrected chi connectivity index (χ2v) is 7.03. The van der Waals surface area contributed by atoms with Crippen molar-refractivity contribution in [3.63, 3.8) is 0 Å². The molecule has 0 unspecified atom stereocenters. The van der Waals surface area contributed by atoms with E-state index in [4.69, 9.17) is 4.74 Å². The first-order valence-corrected chi connectivity index (χ1v) is 9.42. The Morgan fingerprint density at radius 2 is 1.93 bits per heavy atom. The number of ether oxygens (including phenoxy) is 1. The van der Waals surface area contributed by atoms with E-state index in [1.807, 2.05) is 13.8 Å². The normalized spacial score (nSPS) is 18.1. The number of aromatic carboxylic acids is 1. The smallest absolute Gasteiger partial charge is 0.335 e. The van der Waals surface area contributed by atoms with Gasteiger partial charge in [-0.1, -0.05) is 6.92 Å². The molecule has 0 fully saturated rings. The van der Waals surface area contributed by atoms with Gasteiger partial charge < -0.3 is 14.7 Å². The first-order valence-electron chi connectivity index (χ1n) is 9.42. The van der Waals surface area contributed by atoms with Crippen molar-refractivity contribution in [2.75, 3.05) is 4.90 Å². The van der Waals surface area contributed by atoms with Crippen LogP contribution in [0, 0.1) is 10.1 Å². The molecule has 1 aliphatic rings. The van der Waals surface area contributed by atoms with Gasteiger partial charge in [0.1, 0.15) is 11.9 Å². The van der Waals surface area contributed by atoms with E-state index in [0.717, 1.165) is 0 Å². The molecule has 3 rings (SSSR count). The van der Waals surface area contributed by atoms with Gasteiger partial charge in [0.2, 0.25) is 5.91 Å². The quantitative estimate of drug-likeness (QED) is 0.572. The van der Waals surface area contributed by atoms with E-state index in [0.29, 0.717) is 36.3 Å². The Kier molecular flexibility index (Phi) is 5.81. The lowest BCUT2D eigenvalue weighted by molar-refractivity contribution is -0.384. The zero-order valence-electron chi connectivity index (χ0n) is 16.2. The van der Waals surface area contributed by atoms with Gasteiger partial charge in [0.15, 0.2) is 0 Å². The van der Waals surface area contributed by atoms with Crippen LogP contribution in [-0.2, 0) is 4.79 Å². The van der Waals surface area contributed by atoms with E-state index in [1.165, 1.54) is 36.4 Å². The van der Waals surface area contributed by atoms with Gasteiger partial charge in [-0.15, -0.1) is 0 Å². The lowest BCUT2D eigenvalue weighted by Crippen LogP contribution is -2.44. The minimum Gasteiger partial charge on any atom is -0.486 e. The van der Waals surface area contributed by atoms with Crippen LogP contribution in [0.3, 0.4) is 0 Å². The summed E-state index contributed by atoms with van der Waals surface area (Å²) < 4.78 is 6.06. The van der Waals surface area contributed by atoms with Crippen molar-refractivity contribution in [2.45, 2.75) is 45.3 Å². The summed E-state index contributed by atoms with van der Waals surface area (Å²) in [4.78, 5) is 36.2. The molecule has 8 heteroatoms. The highest BCUT2D eigenvalue weighted by atomic mass is 16.6. The summed E-state index contributed by atoms with van der Waals surface area (Å²) in [5.41, 5.74) is 1.32. The van der Waals surface area contributed by atoms with E-state index in [1.54, 1.807) is 11.0 Å². The van der Waals surface area contributed by atoms with E-state index < -0.39 is 17.0 Å². The molecule has 29 heavy (non-hydrogen) atoms. The number of carbonyl (C=O) groups excluding carboxylic acids is 1. The lowest BCUT2D eigenvalue weighted by Gasteiger charge is -2.39. The molecule has 0 spiro atoms. The molecule has 1 amide bonds. The molecule has 1 heterocycles. The minimum absolute atomic E-state index is 0.0156. The number of nitro groups is 1. The zero-order valence-corrected chi connectivity index (χ0v) is 16.2. The van der Waals surface area contributed by atoms with E-state index >= 15 is 0 Å². The second-order valence-electron chi connectivity index (χ2n) is 7.03. The largest absolute Gasteiger partial charge is 0.486 e. The standard InChI is InChI=1S/C21H22N2O6/c1-3-4-20(24)22-13(2)11-19(17-12-14(21(25)26)5-10-18(17)22)29-16-8-6-15(7-9-16)23(27)28/h5-10,12-13,19H,3-4,11H2,1-2H3,(H,25,26)/t13-,19+/m0/s1. The molecule has 0 saturated carbocycles. The topological polar surface area (TPSA) is 110 Å². The average molecular weight is 398 g/mol. The summed E-state index contributed by atoms with van der Waals surface area (Å²) in [6.07, 6.45) is 1.11. The van der Waals surface area contributed by atoms with Crippen LogP contribution in [0.25, 0.3) is 0 Å². The predicted molar refractivity (Wildman–Crippen MR) is 106 cm³/mol. The fourth-order valence-corrected chi connectivity index (χ4v) is 3.58. The molecule has 0 radical (unpaired) electrons. The van der Waals surface area contributed by atoms with Crippen LogP contribution in [0.2, 0.25) is 0 Å². The maximum absolute atomic E-state index is 12.7. The monoisotopic (exact) mass is 398 g/mol. The Labute approximate surface area is 167 Å². The fourth-order valence-electron chi connectivity index (χ4n) is 3.58. The Bertz CT molecular complexity index is 941. The molecule has 152 valence electrons. The summed E-state index contributed by atoms with van der Waals surface area (Å²) in [5.74, 6) is -0.641. The Morgan fingerprint density at radius 1 is 1.24 bits per heavy atom. The van der Waals surface area contributed by atoms with Gasteiger partial charge in [0.25, 0.3) is 5.69 Å². The third-order valence-corrected chi connectivity index (χ3v) is 4.94. The molecule has 2 aromatic rings. The fraction of sp³-hybridized carbons (Fsp3) is 0.333. The molecule has 0 aliphatic carbocycles. The predicted octanol–water partition coefficient (Wildman–Crippen LogP) is 4.34. The number of nitro benzene ring substituents is 1. The number of benzene rings is 2. The van der Waals surface area contributed by atoms with Crippen molar-refractivity contribution in [2.24, 2.45) is 0 Å². The first kappa shape index (κ1) is 20.3. The number of fused-ring (bicyclic) bond motifs is 1. The highest BCUT2D eigenvalue weighted by Crippen LogP contribution is 2.40. The van der Waals surface area contributed by atoms with Crippen molar-refractivity contribution in [1.82, 2.24) is 0 Å². The maximum atomic E-state index is 12.7. The number of carboxylic acids is 1. The van der Waals surface area contributed by atoms with Gasteiger partial charge in [-0.3, -0.25) is 14.9 Å². The number of hydrogen-bond donors (Lipinski definition) is 1. The molecule has 0 aromatic heterocycles. The van der Waals surface area contributed by atoms with E-state index in [9.17, 15) is 24.8 Å². The number of anilines is 1. The average Bonchev–Trinajstić information content (AvgIpc) is 2.68. The van der Waals surface area contributed by atoms with Gasteiger partial charge in [0.05, 0.1) is 16.2 Å². The van der Waals surface area contributed by atoms with Gasteiger partial charge in [-0.05, 0) is 43.7 Å². The lowest BCUT2D eigenvalue weighted by atomic mass is 9.91. The first-order chi connectivity index (χ1) is 13.8. The Hall–Kier alpha value is -3.42. The molecule has 0 bridgehead atoms.